The van der Waals surface area contributed by atoms with Crippen molar-refractivity contribution < 1.29 is 34.4 Å². The Morgan fingerprint density at radius 3 is 2.74 bits per heavy atom. The van der Waals surface area contributed by atoms with Crippen molar-refractivity contribution in [3.05, 3.63) is 33.1 Å². The summed E-state index contributed by atoms with van der Waals surface area (Å²) in [7, 11) is 0. The molecule has 0 bridgehead atoms. The van der Waals surface area contributed by atoms with Crippen LogP contribution in [0, 0.1) is 0 Å². The zero-order valence-corrected chi connectivity index (χ0v) is 14.4. The molecule has 94 valence electrons. The van der Waals surface area contributed by atoms with Crippen molar-refractivity contribution in [3.8, 4) is 0 Å². The van der Waals surface area contributed by atoms with E-state index >= 15 is 0 Å². The van der Waals surface area contributed by atoms with Gasteiger partial charge < -0.3 is 15.2 Å². The van der Waals surface area contributed by atoms with E-state index in [2.05, 4.69) is 10.3 Å². The summed E-state index contributed by atoms with van der Waals surface area (Å²) in [6.07, 6.45) is 0. The monoisotopic (exact) mass is 305 g/mol. The van der Waals surface area contributed by atoms with Gasteiger partial charge in [0.25, 0.3) is 0 Å². The zero-order chi connectivity index (χ0) is 13.1. The standard InChI is InChI=1S/C12H11Cl2N3O.Na/c1-12(2)10(18)16-11-15-8-4-3-7(13)9(14)6(8)5-17(11)12;/h3-4H,5H2,1-2H3,(H,15,16,18);/q;+1/p-1. The smallest absolute Gasteiger partial charge is 0.408 e. The molecule has 7 heteroatoms. The fraction of sp³-hybridized carbons (Fsp3) is 0.333. The third kappa shape index (κ3) is 2.20. The zero-order valence-electron chi connectivity index (χ0n) is 10.9. The molecule has 2 aliphatic rings. The van der Waals surface area contributed by atoms with Crippen LogP contribution in [-0.4, -0.2) is 22.3 Å². The van der Waals surface area contributed by atoms with Gasteiger partial charge in [0.2, 0.25) is 0 Å². The molecule has 0 N–H and O–H groups in total. The Bertz CT molecular complexity index is 601. The molecular weight excluding hydrogens is 296 g/mol. The minimum atomic E-state index is -0.678. The van der Waals surface area contributed by atoms with Crippen molar-refractivity contribution in [1.82, 2.24) is 4.90 Å². The van der Waals surface area contributed by atoms with E-state index in [1.165, 1.54) is 0 Å². The second-order valence-electron chi connectivity index (χ2n) is 4.83. The van der Waals surface area contributed by atoms with Crippen LogP contribution < -0.4 is 29.6 Å². The first-order chi connectivity index (χ1) is 8.41. The van der Waals surface area contributed by atoms with Gasteiger partial charge in [-0.25, -0.2) is 0 Å². The molecule has 1 amide bonds. The average molecular weight is 306 g/mol. The number of fused-ring (bicyclic) bond motifs is 2. The second kappa shape index (κ2) is 4.93. The molecule has 4 nitrogen and oxygen atoms in total. The minimum absolute atomic E-state index is 0. The first-order valence-electron chi connectivity index (χ1n) is 5.50. The maximum absolute atomic E-state index is 11.8. The average Bonchev–Trinajstić information content (AvgIpc) is 2.54. The van der Waals surface area contributed by atoms with E-state index < -0.39 is 5.54 Å². The minimum Gasteiger partial charge on any atom is -0.408 e. The molecule has 1 fully saturated rings. The molecule has 0 unspecified atom stereocenters. The van der Waals surface area contributed by atoms with Crippen LogP contribution in [0.5, 0.6) is 0 Å². The Labute approximate surface area is 143 Å². The third-order valence-electron chi connectivity index (χ3n) is 3.35. The Kier molecular flexibility index (Phi) is 3.93. The van der Waals surface area contributed by atoms with E-state index in [0.29, 0.717) is 22.5 Å². The summed E-state index contributed by atoms with van der Waals surface area (Å²) in [5.74, 6) is 0.271. The maximum Gasteiger partial charge on any atom is 1.00 e. The van der Waals surface area contributed by atoms with E-state index in [1.807, 2.05) is 18.7 Å². The van der Waals surface area contributed by atoms with Gasteiger partial charge >= 0.3 is 29.6 Å². The van der Waals surface area contributed by atoms with Crippen molar-refractivity contribution in [2.45, 2.75) is 25.9 Å². The number of hydrogen-bond acceptors (Lipinski definition) is 3. The number of hydrogen-bond donors (Lipinski definition) is 0. The number of halogens is 2. The van der Waals surface area contributed by atoms with Crippen LogP contribution in [0.4, 0.5) is 5.69 Å². The van der Waals surface area contributed by atoms with Crippen LogP contribution in [-0.2, 0) is 11.3 Å². The number of amides is 1. The summed E-state index contributed by atoms with van der Waals surface area (Å²) in [5, 5.41) is 4.96. The second-order valence-corrected chi connectivity index (χ2v) is 5.62. The molecule has 0 radical (unpaired) electrons. The van der Waals surface area contributed by atoms with Gasteiger partial charge in [-0.3, -0.25) is 4.79 Å². The molecule has 2 aliphatic heterocycles. The predicted molar refractivity (Wildman–Crippen MR) is 71.5 cm³/mol. The number of aliphatic imine (C=N–C) groups is 1. The molecule has 0 aromatic heterocycles. The van der Waals surface area contributed by atoms with Crippen molar-refractivity contribution in [3.63, 3.8) is 0 Å². The molecule has 0 atom stereocenters. The van der Waals surface area contributed by atoms with Gasteiger partial charge in [0.1, 0.15) is 0 Å². The quantitative estimate of drug-likeness (QED) is 0.655. The van der Waals surface area contributed by atoms with Crippen molar-refractivity contribution in [1.29, 1.82) is 0 Å². The summed E-state index contributed by atoms with van der Waals surface area (Å²) < 4.78 is 0. The summed E-state index contributed by atoms with van der Waals surface area (Å²) in [4.78, 5) is 18.0. The third-order valence-corrected chi connectivity index (χ3v) is 4.19. The van der Waals surface area contributed by atoms with Crippen LogP contribution >= 0.6 is 23.2 Å². The number of rotatable bonds is 0. The Balaban J connectivity index is 0.00000133. The van der Waals surface area contributed by atoms with Crippen LogP contribution in [0.3, 0.4) is 0 Å². The molecule has 2 heterocycles. The number of guanidine groups is 1. The van der Waals surface area contributed by atoms with Crippen molar-refractivity contribution in [2.75, 3.05) is 0 Å². The van der Waals surface area contributed by atoms with Gasteiger partial charge in [0.15, 0.2) is 5.91 Å². The van der Waals surface area contributed by atoms with E-state index in [0.717, 1.165) is 11.3 Å². The van der Waals surface area contributed by atoms with Crippen molar-refractivity contribution in [2.24, 2.45) is 4.99 Å². The fourth-order valence-corrected chi connectivity index (χ4v) is 2.51. The molecule has 0 spiro atoms. The molecule has 1 saturated heterocycles. The van der Waals surface area contributed by atoms with Crippen molar-refractivity contribution >= 4 is 40.8 Å². The molecule has 0 aliphatic carbocycles. The number of carbonyl (C=O) groups is 1. The Hall–Kier alpha value is -0.260. The predicted octanol–water partition coefficient (Wildman–Crippen LogP) is 0.493. The largest absolute Gasteiger partial charge is 1.00 e. The summed E-state index contributed by atoms with van der Waals surface area (Å²) in [6, 6.07) is 3.49. The summed E-state index contributed by atoms with van der Waals surface area (Å²) in [5.41, 5.74) is 0.887. The van der Waals surface area contributed by atoms with E-state index in [4.69, 9.17) is 23.2 Å². The molecule has 1 aromatic carbocycles. The molecule has 0 saturated carbocycles. The molecule has 19 heavy (non-hydrogen) atoms. The van der Waals surface area contributed by atoms with Gasteiger partial charge in [-0.1, -0.05) is 29.3 Å². The van der Waals surface area contributed by atoms with E-state index in [-0.39, 0.29) is 35.5 Å². The van der Waals surface area contributed by atoms with E-state index in [9.17, 15) is 4.79 Å². The van der Waals surface area contributed by atoms with Crippen LogP contribution in [0.15, 0.2) is 17.1 Å². The first kappa shape index (κ1) is 15.1. The topological polar surface area (TPSA) is 46.8 Å². The van der Waals surface area contributed by atoms with Gasteiger partial charge in [0.05, 0.1) is 15.6 Å². The van der Waals surface area contributed by atoms with Gasteiger partial charge in [-0.15, -0.1) is 0 Å². The van der Waals surface area contributed by atoms with Gasteiger partial charge in [-0.05, 0) is 31.2 Å². The van der Waals surface area contributed by atoms with E-state index in [1.54, 1.807) is 12.1 Å². The van der Waals surface area contributed by atoms with Crippen LogP contribution in [0.2, 0.25) is 10.0 Å². The van der Waals surface area contributed by atoms with Gasteiger partial charge in [-0.2, -0.15) is 0 Å². The molecular formula is C12H10Cl2N3NaO. The summed E-state index contributed by atoms with van der Waals surface area (Å²) in [6.45, 7) is 4.14. The normalized spacial score (nSPS) is 19.1. The molecule has 3 rings (SSSR count). The SMILES string of the molecule is CC1(C)C(=O)[N-]C2=Nc3ccc(Cl)c(Cl)c3CN21.[Na+]. The number of nitrogens with zero attached hydrogens (tertiary/aromatic N) is 3. The van der Waals surface area contributed by atoms with Crippen LogP contribution in [0.1, 0.15) is 19.4 Å². The Morgan fingerprint density at radius 1 is 1.37 bits per heavy atom. The summed E-state index contributed by atoms with van der Waals surface area (Å²) >= 11 is 12.2. The van der Waals surface area contributed by atoms with Gasteiger partial charge in [0, 0.05) is 12.5 Å². The maximum atomic E-state index is 11.8. The number of carbonyl (C=O) groups excluding carboxylic acids is 1. The Morgan fingerprint density at radius 2 is 2.05 bits per heavy atom. The molecule has 1 aromatic rings. The first-order valence-corrected chi connectivity index (χ1v) is 6.26. The van der Waals surface area contributed by atoms with Crippen LogP contribution in [0.25, 0.3) is 5.32 Å². The number of benzene rings is 1. The fourth-order valence-electron chi connectivity index (χ4n) is 2.11.